The number of allylic oxidation sites excluding steroid dienone is 3. The Morgan fingerprint density at radius 1 is 0.871 bits per heavy atom. The molecule has 0 spiro atoms. The maximum atomic E-state index is 12.8. The van der Waals surface area contributed by atoms with Crippen molar-refractivity contribution in [2.24, 2.45) is 0 Å². The standard InChI is InChI=1S/C55H71N8O18P3S/c1-6-61(7-2)38-24-26-41-40(36(3)51(78-44(41)31-38)37-19-12-10-13-20-37)21-18-22-46-55(4,5)42-32-39(85(73,74)75)25-27-43(42)62(46)29-16-11-14-23-47(64)57-28-15-8-9-17-30-76-82(67,68)80-84(71,72)81-83(69,70)77-33-45-49(65)50(66)54(79-45)63-35-60-48-52(56)58-34-59-53(48)63/h10,12-13,18-22,24-27,31-32,34-35,45,49-50,54,65-66H,6-9,11,14-17,23,28-30,33H2,1-5H3,(H6-,56,57,58,59,64,67,68,69,70,71,72,73,74,75)/p+1/t45-,49-,50-,54-/m1/s1. The molecule has 0 saturated carbocycles. The number of rotatable bonds is 28. The Morgan fingerprint density at radius 3 is 2.29 bits per heavy atom. The maximum absolute atomic E-state index is 12.8. The van der Waals surface area contributed by atoms with Crippen molar-refractivity contribution in [3.8, 4) is 22.6 Å². The van der Waals surface area contributed by atoms with E-state index in [4.69, 9.17) is 19.4 Å². The topological polar surface area (TPSA) is 371 Å². The van der Waals surface area contributed by atoms with Crippen LogP contribution in [0.4, 0.5) is 11.5 Å². The van der Waals surface area contributed by atoms with Gasteiger partial charge in [0.25, 0.3) is 10.1 Å². The van der Waals surface area contributed by atoms with Crippen LogP contribution in [0.5, 0.6) is 0 Å². The molecule has 4 aromatic rings. The summed E-state index contributed by atoms with van der Waals surface area (Å²) in [7, 11) is -21.2. The van der Waals surface area contributed by atoms with Gasteiger partial charge in [0.05, 0.1) is 30.5 Å². The lowest BCUT2D eigenvalue weighted by molar-refractivity contribution is -0.121. The molecule has 5 heterocycles. The number of ether oxygens (including phenoxy) is 1. The number of nitrogens with one attached hydrogen (secondary N) is 1. The Balaban J connectivity index is 0.775. The summed E-state index contributed by atoms with van der Waals surface area (Å²) < 4.78 is 106. The summed E-state index contributed by atoms with van der Waals surface area (Å²) in [5.74, 6) is 1.40. The lowest BCUT2D eigenvalue weighted by Gasteiger charge is -2.27. The Hall–Kier alpha value is -5.83. The number of amides is 1. The van der Waals surface area contributed by atoms with E-state index in [2.05, 4.69) is 81.0 Å². The fraction of sp³-hybridized carbons (Fsp3) is 0.436. The second-order valence-electron chi connectivity index (χ2n) is 20.9. The highest BCUT2D eigenvalue weighted by Gasteiger charge is 2.48. The van der Waals surface area contributed by atoms with Gasteiger partial charge in [-0.3, -0.25) is 23.0 Å². The summed E-state index contributed by atoms with van der Waals surface area (Å²) in [5.41, 5.74) is 11.8. The van der Waals surface area contributed by atoms with Gasteiger partial charge in [-0.25, -0.2) is 33.2 Å². The second kappa shape index (κ2) is 27.5. The van der Waals surface area contributed by atoms with Crippen LogP contribution in [0.15, 0.2) is 107 Å². The number of nitrogens with two attached hydrogens (primary N) is 1. The molecule has 30 heteroatoms. The Morgan fingerprint density at radius 2 is 1.58 bits per heavy atom. The summed E-state index contributed by atoms with van der Waals surface area (Å²) in [6, 6.07) is 20.9. The quantitative estimate of drug-likeness (QED) is 0.0101. The van der Waals surface area contributed by atoms with Gasteiger partial charge >= 0.3 is 23.5 Å². The number of anilines is 2. The first-order valence-electron chi connectivity index (χ1n) is 27.6. The minimum atomic E-state index is -5.81. The summed E-state index contributed by atoms with van der Waals surface area (Å²) in [6.45, 7) is 11.5. The molecule has 1 amide bonds. The van der Waals surface area contributed by atoms with Crippen molar-refractivity contribution in [2.45, 2.75) is 121 Å². The highest BCUT2D eigenvalue weighted by molar-refractivity contribution is 7.85. The molecule has 7 atom stereocenters. The van der Waals surface area contributed by atoms with E-state index in [0.29, 0.717) is 51.6 Å². The fourth-order valence-corrected chi connectivity index (χ4v) is 14.5. The van der Waals surface area contributed by atoms with Gasteiger partial charge in [-0.05, 0) is 87.9 Å². The van der Waals surface area contributed by atoms with Crippen molar-refractivity contribution in [1.29, 1.82) is 0 Å². The van der Waals surface area contributed by atoms with Crippen LogP contribution in [0, 0.1) is 6.92 Å². The van der Waals surface area contributed by atoms with Crippen LogP contribution in [-0.2, 0) is 56.4 Å². The van der Waals surface area contributed by atoms with E-state index in [0.717, 1.165) is 75.5 Å². The molecule has 0 bridgehead atoms. The van der Waals surface area contributed by atoms with Gasteiger partial charge in [-0.15, -0.1) is 0 Å². The summed E-state index contributed by atoms with van der Waals surface area (Å²) in [5, 5.41) is 25.1. The number of phosphoric acid groups is 3. The highest BCUT2D eigenvalue weighted by atomic mass is 32.2. The number of aliphatic hydroxyl groups is 2. The lowest BCUT2D eigenvalue weighted by Crippen LogP contribution is -2.33. The average molecular weight is 1260 g/mol. The third-order valence-corrected chi connectivity index (χ3v) is 19.9. The molecule has 1 aliphatic carbocycles. The molecule has 3 aliphatic heterocycles. The monoisotopic (exact) mass is 1260 g/mol. The number of unbranched alkanes of at least 4 members (excludes halogenated alkanes) is 5. The van der Waals surface area contributed by atoms with Gasteiger partial charge in [0, 0.05) is 59.1 Å². The molecular weight excluding hydrogens is 1190 g/mol. The first-order valence-corrected chi connectivity index (χ1v) is 33.6. The van der Waals surface area contributed by atoms with Crippen molar-refractivity contribution in [3.05, 3.63) is 119 Å². The number of phosphoric ester groups is 2. The van der Waals surface area contributed by atoms with Crippen molar-refractivity contribution in [3.63, 3.8) is 0 Å². The molecule has 8 rings (SSSR count). The van der Waals surface area contributed by atoms with Gasteiger partial charge in [-0.1, -0.05) is 75.6 Å². The predicted molar refractivity (Wildman–Crippen MR) is 315 cm³/mol. The van der Waals surface area contributed by atoms with Crippen molar-refractivity contribution in [1.82, 2.24) is 29.4 Å². The zero-order chi connectivity index (χ0) is 61.5. The van der Waals surface area contributed by atoms with E-state index in [1.54, 1.807) is 6.07 Å². The number of fused-ring (bicyclic) bond motifs is 3. The van der Waals surface area contributed by atoms with Crippen molar-refractivity contribution < 1.29 is 83.2 Å². The number of aromatic nitrogens is 4. The lowest BCUT2D eigenvalue weighted by atomic mass is 9.83. The number of carbonyl (C=O) groups is 1. The molecule has 4 aliphatic rings. The molecule has 1 fully saturated rings. The van der Waals surface area contributed by atoms with Gasteiger partial charge in [0.2, 0.25) is 11.3 Å². The second-order valence-corrected chi connectivity index (χ2v) is 27.0. The van der Waals surface area contributed by atoms with Crippen molar-refractivity contribution in [2.75, 3.05) is 50.0 Å². The molecule has 9 N–H and O–H groups in total. The van der Waals surface area contributed by atoms with Crippen LogP contribution in [0.25, 0.3) is 39.9 Å². The molecule has 460 valence electrons. The Bertz CT molecular complexity index is 3740. The minimum absolute atomic E-state index is 0.0289. The van der Waals surface area contributed by atoms with Crippen LogP contribution < -0.4 is 25.9 Å². The Labute approximate surface area is 491 Å². The van der Waals surface area contributed by atoms with E-state index >= 15 is 0 Å². The minimum Gasteiger partial charge on any atom is -0.456 e. The number of aliphatic hydroxyl groups excluding tert-OH is 2. The number of imidazole rings is 1. The largest absolute Gasteiger partial charge is 0.490 e. The van der Waals surface area contributed by atoms with Crippen LogP contribution in [-0.4, -0.2) is 121 Å². The summed E-state index contributed by atoms with van der Waals surface area (Å²) in [6.07, 6.45) is 6.35. The molecule has 0 radical (unpaired) electrons. The van der Waals surface area contributed by atoms with E-state index in [1.165, 1.54) is 23.0 Å². The summed E-state index contributed by atoms with van der Waals surface area (Å²) >= 11 is 0. The molecule has 1 saturated heterocycles. The number of benzene rings is 3. The number of nitrogen functional groups attached to an aromatic ring is 1. The van der Waals surface area contributed by atoms with E-state index in [9.17, 15) is 56.4 Å². The fourth-order valence-electron chi connectivity index (χ4n) is 10.4. The van der Waals surface area contributed by atoms with Crippen molar-refractivity contribution >= 4 is 68.2 Å². The SMILES string of the molecule is CC[N+](CC)=c1ccc2c(/C=C/C=C3/N(CCCCCC(=O)NCCCCCCOP(=O)(O)OP(=O)(O)OP(=O)(O)OC[C@H]4O[C@@H](n5cnc6c(N)ncnc65)[C@H](O)[C@@H]4O)c4ccc(S(=O)(=O)O)cc4C3(C)C)c(C)c(-c3ccccc3)oc-2c1. The van der Waals surface area contributed by atoms with Gasteiger partial charge in [0.1, 0.15) is 54.8 Å². The summed E-state index contributed by atoms with van der Waals surface area (Å²) in [4.78, 5) is 56.9. The number of hydrogen-bond acceptors (Lipinski definition) is 19. The zero-order valence-corrected chi connectivity index (χ0v) is 51.0. The van der Waals surface area contributed by atoms with Crippen LogP contribution in [0.3, 0.4) is 0 Å². The van der Waals surface area contributed by atoms with Crippen LogP contribution in [0.1, 0.15) is 102 Å². The van der Waals surface area contributed by atoms with Gasteiger partial charge < -0.3 is 50.0 Å². The van der Waals surface area contributed by atoms with Crippen LogP contribution >= 0.6 is 23.5 Å². The van der Waals surface area contributed by atoms with E-state index in [-0.39, 0.29) is 40.6 Å². The smallest absolute Gasteiger partial charge is 0.456 e. The van der Waals surface area contributed by atoms with Gasteiger partial charge in [-0.2, -0.15) is 17.0 Å². The predicted octanol–water partition coefficient (Wildman–Crippen LogP) is 7.76. The number of carbonyl (C=O) groups excluding carboxylic acids is 1. The molecule has 2 aromatic heterocycles. The highest BCUT2D eigenvalue weighted by Crippen LogP contribution is 2.68. The van der Waals surface area contributed by atoms with Crippen LogP contribution in [0.2, 0.25) is 0 Å². The Kier molecular flexibility index (Phi) is 21.1. The molecule has 26 nitrogen and oxygen atoms in total. The zero-order valence-electron chi connectivity index (χ0n) is 47.5. The first kappa shape index (κ1) is 65.2. The normalized spacial score (nSPS) is 20.5. The third-order valence-electron chi connectivity index (χ3n) is 14.8. The number of hydrogen-bond donors (Lipinski definition) is 8. The third kappa shape index (κ3) is 15.8. The van der Waals surface area contributed by atoms with E-state index < -0.39 is 76.8 Å². The molecule has 85 heavy (non-hydrogen) atoms. The number of nitrogens with zero attached hydrogens (tertiary/aromatic N) is 6. The molecule has 3 unspecified atom stereocenters. The average Bonchev–Trinajstić information content (AvgIpc) is 2.21. The van der Waals surface area contributed by atoms with Gasteiger partial charge in [0.15, 0.2) is 17.7 Å². The molecular formula is C55H72N8O18P3S+. The van der Waals surface area contributed by atoms with E-state index in [1.807, 2.05) is 63.3 Å². The molecule has 2 aromatic carbocycles. The first-order chi connectivity index (χ1) is 40.2. The maximum Gasteiger partial charge on any atom is 0.490 e.